The van der Waals surface area contributed by atoms with E-state index in [4.69, 9.17) is 92.0 Å². The van der Waals surface area contributed by atoms with Crippen molar-refractivity contribution in [2.75, 3.05) is 216 Å². The second-order valence-electron chi connectivity index (χ2n) is 35.6. The highest BCUT2D eigenvalue weighted by atomic mass is 19.1. The van der Waals surface area contributed by atoms with Crippen molar-refractivity contribution in [3.63, 3.8) is 0 Å². The molecule has 10 rings (SSSR count). The Kier molecular flexibility index (Phi) is 49.6. The van der Waals surface area contributed by atoms with Gasteiger partial charge >= 0.3 is 24.2 Å². The molecule has 9 atom stereocenters. The molecule has 0 unspecified atom stereocenters. The lowest BCUT2D eigenvalue weighted by Gasteiger charge is -2.31. The molecule has 0 spiro atoms. The number of benzene rings is 4. The zero-order valence-corrected chi connectivity index (χ0v) is 82.6. The first kappa shape index (κ1) is 115. The molecule has 0 saturated carbocycles. The number of nitrogens with zero attached hydrogens (tertiary/aromatic N) is 3. The lowest BCUT2D eigenvalue weighted by molar-refractivity contribution is -0.172. The first-order valence-corrected chi connectivity index (χ1v) is 49.5. The highest BCUT2D eigenvalue weighted by Gasteiger charge is 2.47. The summed E-state index contributed by atoms with van der Waals surface area (Å²) < 4.78 is 101. The summed E-state index contributed by atoms with van der Waals surface area (Å²) >= 11 is 0. The van der Waals surface area contributed by atoms with Gasteiger partial charge in [0.2, 0.25) is 23.6 Å². The molecular weight excluding hydrogens is 1880 g/mol. The number of primary amides is 1. The fourth-order valence-corrected chi connectivity index (χ4v) is 17.1. The third kappa shape index (κ3) is 35.7. The van der Waals surface area contributed by atoms with Crippen LogP contribution in [0.5, 0.6) is 0 Å². The van der Waals surface area contributed by atoms with Gasteiger partial charge < -0.3 is 159 Å². The fraction of sp³-hybridized carbons (Fsp3) is 0.604. The molecule has 42 nitrogen and oxygen atoms in total. The Bertz CT molecular complexity index is 5040. The molecule has 4 heterocycles. The molecule has 0 radical (unpaired) electrons. The number of amides is 8. The number of hydrogen-bond donors (Lipinski definition) is 15. The number of carbonyl (C=O) groups excluding carboxylic acids is 8. The molecule has 43 heteroatoms. The van der Waals surface area contributed by atoms with Gasteiger partial charge in [-0.15, -0.1) is 0 Å². The van der Waals surface area contributed by atoms with E-state index in [-0.39, 0.29) is 127 Å². The third-order valence-corrected chi connectivity index (χ3v) is 25.2. The molecule has 796 valence electrons. The van der Waals surface area contributed by atoms with Crippen LogP contribution in [0.1, 0.15) is 147 Å². The van der Waals surface area contributed by atoms with Crippen LogP contribution in [0.4, 0.5) is 24.5 Å². The van der Waals surface area contributed by atoms with Crippen LogP contribution in [-0.4, -0.2) is 352 Å². The van der Waals surface area contributed by atoms with Crippen LogP contribution >= 0.6 is 0 Å². The Labute approximate surface area is 836 Å². The minimum Gasteiger partial charge on any atom is -0.458 e. The van der Waals surface area contributed by atoms with Crippen LogP contribution in [0.15, 0.2) is 89.7 Å². The number of nitrogens with two attached hydrogens (primary N) is 1. The summed E-state index contributed by atoms with van der Waals surface area (Å²) in [6, 6.07) is 19.7. The zero-order valence-electron chi connectivity index (χ0n) is 82.6. The predicted molar refractivity (Wildman–Crippen MR) is 521 cm³/mol. The lowest BCUT2D eigenvalue weighted by atomic mass is 9.81. The number of unbranched alkanes of at least 4 members (excludes halogenated alkanes) is 1. The molecule has 2 aromatic heterocycles. The number of carbonyl (C=O) groups is 8. The Hall–Kier alpha value is -10.5. The van der Waals surface area contributed by atoms with Crippen molar-refractivity contribution in [1.29, 1.82) is 0 Å². The van der Waals surface area contributed by atoms with E-state index in [2.05, 4.69) is 37.2 Å². The average molecular weight is 2030 g/mol. The number of halogens is 1. The van der Waals surface area contributed by atoms with Crippen molar-refractivity contribution >= 4 is 64.4 Å². The number of esters is 1. The number of aliphatic hydroxyl groups excluding tert-OH is 6. The number of anilines is 1. The first-order valence-electron chi connectivity index (χ1n) is 49.5. The number of alkyl carbamates (subject to hydrolysis) is 2. The van der Waals surface area contributed by atoms with Gasteiger partial charge in [0, 0.05) is 73.3 Å². The molecule has 0 fully saturated rings. The zero-order chi connectivity index (χ0) is 103. The van der Waals surface area contributed by atoms with Gasteiger partial charge in [0.1, 0.15) is 56.0 Å². The van der Waals surface area contributed by atoms with Crippen LogP contribution < -0.4 is 48.5 Å². The predicted octanol–water partition coefficient (Wildman–Crippen LogP) is 3.75. The Balaban J connectivity index is 0.565. The van der Waals surface area contributed by atoms with Crippen molar-refractivity contribution < 1.29 is 150 Å². The van der Waals surface area contributed by atoms with E-state index < -0.39 is 127 Å². The molecule has 6 aromatic rings. The number of cyclic esters (lactones) is 1. The Morgan fingerprint density at radius 1 is 0.569 bits per heavy atom. The summed E-state index contributed by atoms with van der Waals surface area (Å²) in [5, 5.41) is 89.2. The summed E-state index contributed by atoms with van der Waals surface area (Å²) in [7, 11) is 0. The summed E-state index contributed by atoms with van der Waals surface area (Å²) in [6.45, 7) is 15.1. The maximum absolute atomic E-state index is 15.6. The molecule has 144 heavy (non-hydrogen) atoms. The molecule has 2 aliphatic carbocycles. The van der Waals surface area contributed by atoms with Gasteiger partial charge in [-0.25, -0.2) is 28.6 Å². The van der Waals surface area contributed by atoms with Crippen LogP contribution in [-0.2, 0) is 127 Å². The van der Waals surface area contributed by atoms with Crippen molar-refractivity contribution in [3.8, 4) is 22.5 Å². The van der Waals surface area contributed by atoms with E-state index >= 15 is 4.39 Å². The van der Waals surface area contributed by atoms with Gasteiger partial charge in [-0.1, -0.05) is 81.4 Å². The van der Waals surface area contributed by atoms with Crippen molar-refractivity contribution in [2.45, 2.75) is 178 Å². The topological polar surface area (TPSA) is 565 Å². The molecule has 16 N–H and O–H groups in total. The molecule has 2 aliphatic heterocycles. The maximum atomic E-state index is 15.6. The highest BCUT2D eigenvalue weighted by molar-refractivity contribution is 5.99. The smallest absolute Gasteiger partial charge is 0.407 e. The second kappa shape index (κ2) is 61.9. The summed E-state index contributed by atoms with van der Waals surface area (Å²) in [5.41, 5.74) is 11.2. The van der Waals surface area contributed by atoms with E-state index in [1.165, 1.54) is 10.6 Å². The summed E-state index contributed by atoms with van der Waals surface area (Å²) in [6.07, 6.45) is -4.40. The number of urea groups is 1. The van der Waals surface area contributed by atoms with Crippen LogP contribution in [0, 0.1) is 18.7 Å². The normalized spacial score (nSPS) is 16.0. The van der Waals surface area contributed by atoms with Gasteiger partial charge in [0.15, 0.2) is 5.60 Å². The maximum Gasteiger partial charge on any atom is 0.407 e. The quantitative estimate of drug-likeness (QED) is 0.0147. The molecule has 4 aliphatic rings. The molecular formula is C101H144FN11O31. The molecule has 0 bridgehead atoms. The highest BCUT2D eigenvalue weighted by Crippen LogP contribution is 2.48. The van der Waals surface area contributed by atoms with E-state index in [0.29, 0.717) is 240 Å². The first-order chi connectivity index (χ1) is 69.7. The van der Waals surface area contributed by atoms with Gasteiger partial charge in [-0.3, -0.25) is 24.0 Å². The van der Waals surface area contributed by atoms with E-state index in [9.17, 15) is 68.7 Å². The number of pyridine rings is 2. The van der Waals surface area contributed by atoms with Crippen molar-refractivity contribution in [2.24, 2.45) is 11.7 Å². The number of aliphatic hydroxyl groups is 7. The Morgan fingerprint density at radius 3 is 1.60 bits per heavy atom. The number of ether oxygens (including phenoxy) is 15. The fourth-order valence-electron chi connectivity index (χ4n) is 17.1. The van der Waals surface area contributed by atoms with Crippen LogP contribution in [0.2, 0.25) is 0 Å². The van der Waals surface area contributed by atoms with Crippen LogP contribution in [0.3, 0.4) is 0 Å². The third-order valence-electron chi connectivity index (χ3n) is 25.2. The van der Waals surface area contributed by atoms with Gasteiger partial charge in [0.05, 0.1) is 219 Å². The number of aromatic nitrogens is 2. The number of hydrogen-bond acceptors (Lipinski definition) is 33. The van der Waals surface area contributed by atoms with Gasteiger partial charge in [0.25, 0.3) is 5.56 Å². The second-order valence-corrected chi connectivity index (χ2v) is 35.6. The van der Waals surface area contributed by atoms with Crippen LogP contribution in [0.25, 0.3) is 33.4 Å². The van der Waals surface area contributed by atoms with Gasteiger partial charge in [-0.2, -0.15) is 0 Å². The summed E-state index contributed by atoms with van der Waals surface area (Å²) in [4.78, 5) is 130. The monoisotopic (exact) mass is 2030 g/mol. The van der Waals surface area contributed by atoms with Crippen molar-refractivity contribution in [1.82, 2.24) is 46.4 Å². The van der Waals surface area contributed by atoms with Gasteiger partial charge in [-0.05, 0) is 140 Å². The lowest BCUT2D eigenvalue weighted by Crippen LogP contribution is -2.57. The van der Waals surface area contributed by atoms with E-state index in [1.807, 2.05) is 53.4 Å². The SMILES string of the molecule is CC[C@@]1(O)C(=O)OCc2c1cc1n(c2=O)Cc2c-1nc1cc(F)c(C)c3c1c2[C@@H](NC(=O)OCc1ccc(NC(=O)[C@H](CCCNC(N)=O)NC(=O)[C@@H](NC(=O)[C@H](CCCCNC(=O)CCOCCOCCOCCOCCOCCOCCOCCOCCOCCOCCOCCOCCN(CC[C@@H](O)[C@@H](O)CO)CC[C@@H](O)[C@@H](O)CO)NC(=O)OCC2c4ccccc4-c4ccccc42)C(C)C)cc1)CC3. The largest absolute Gasteiger partial charge is 0.458 e. The van der Waals surface area contributed by atoms with E-state index in [1.54, 1.807) is 58.0 Å². The number of rotatable bonds is 72. The number of aryl methyl sites for hydroxylation is 1. The number of nitrogens with one attached hydrogen (secondary N) is 7. The Morgan fingerprint density at radius 2 is 1.08 bits per heavy atom. The minimum atomic E-state index is -2.08. The van der Waals surface area contributed by atoms with E-state index in [0.717, 1.165) is 22.3 Å². The standard InChI is InChI=1S/C101H144FN11O31/c1-5-101(129)77-57-83-92-74(59-113(83)96(124)76(77)64-142-97(101)125)90-79(24-23-69-66(4)78(102)58-82(107-92)89(69)90)109-99(127)143-62-67-19-21-68(22-20-67)106-93(121)80(18-12-29-105-98(103)126)108-95(123)91(65(2)3)111-94(122)81(110-100(128)144-63-75-72-15-8-6-13-70(72)71-14-7-9-16-73(71)75)17-10-11-28-104-88(120)27-33-130-35-37-132-39-41-134-43-45-136-47-49-138-51-53-140-55-56-141-54-52-139-50-48-137-46-44-135-42-40-133-38-36-131-34-32-112(30-25-84(116)86(118)60-114)31-26-85(117)87(119)61-115/h6-9,13-16,19-22,57-58,65,75,79-81,84-87,91,114-119,129H,5,10-12,17-18,23-56,59-64H2,1-4H3,(H,104,120)(H,106,121)(H,108,123)(H,109,127)(H,110,128)(H,111,122)(H3,103,105,126)/t79-,80-,81-,84+,85+,86-,87-,91-,101-/m0/s1. The molecule has 0 saturated heterocycles. The summed E-state index contributed by atoms with van der Waals surface area (Å²) in [5.74, 6) is -4.59. The van der Waals surface area contributed by atoms with Crippen molar-refractivity contribution in [3.05, 3.63) is 151 Å². The molecule has 4 aromatic carbocycles. The molecule has 8 amide bonds. The average Bonchev–Trinajstić information content (AvgIpc) is 1.58. The minimum absolute atomic E-state index is 0.00494. The number of fused-ring (bicyclic) bond motifs is 8.